The van der Waals surface area contributed by atoms with Gasteiger partial charge in [-0.25, -0.2) is 9.18 Å². The summed E-state index contributed by atoms with van der Waals surface area (Å²) in [6.07, 6.45) is 0. The molecule has 1 fully saturated rings. The number of morpholine rings is 1. The van der Waals surface area contributed by atoms with Crippen molar-refractivity contribution in [1.82, 2.24) is 10.2 Å². The molecule has 1 aliphatic rings. The lowest BCUT2D eigenvalue weighted by Gasteiger charge is -2.32. The molecule has 0 radical (unpaired) electrons. The third-order valence-corrected chi connectivity index (χ3v) is 3.66. The van der Waals surface area contributed by atoms with Crippen molar-refractivity contribution in [3.63, 3.8) is 0 Å². The number of anilines is 1. The van der Waals surface area contributed by atoms with Gasteiger partial charge in [-0.15, -0.1) is 0 Å². The Labute approximate surface area is 124 Å². The Morgan fingerprint density at radius 2 is 2.14 bits per heavy atom. The van der Waals surface area contributed by atoms with Crippen molar-refractivity contribution in [3.05, 3.63) is 29.6 Å². The quantitative estimate of drug-likeness (QED) is 0.893. The van der Waals surface area contributed by atoms with Crippen LogP contribution in [0, 0.1) is 12.7 Å². The summed E-state index contributed by atoms with van der Waals surface area (Å²) in [5.74, 6) is -0.325. The van der Waals surface area contributed by atoms with Crippen molar-refractivity contribution >= 4 is 11.7 Å². The third-order valence-electron chi connectivity index (χ3n) is 3.66. The zero-order valence-corrected chi connectivity index (χ0v) is 12.5. The van der Waals surface area contributed by atoms with Crippen LogP contribution in [-0.2, 0) is 4.74 Å². The Morgan fingerprint density at radius 1 is 1.43 bits per heavy atom. The highest BCUT2D eigenvalue weighted by Gasteiger charge is 2.17. The van der Waals surface area contributed by atoms with Crippen molar-refractivity contribution in [1.29, 1.82) is 0 Å². The van der Waals surface area contributed by atoms with Crippen molar-refractivity contribution in [2.24, 2.45) is 0 Å². The van der Waals surface area contributed by atoms with Crippen LogP contribution >= 0.6 is 0 Å². The molecule has 0 bridgehead atoms. The minimum absolute atomic E-state index is 0.245. The Bertz CT molecular complexity index is 490. The molecule has 21 heavy (non-hydrogen) atoms. The maximum atomic E-state index is 13.4. The molecule has 1 aromatic rings. The molecule has 1 aliphatic heterocycles. The molecule has 0 spiro atoms. The number of ether oxygens (including phenoxy) is 1. The molecule has 0 aromatic heterocycles. The first-order valence-electron chi connectivity index (χ1n) is 7.19. The van der Waals surface area contributed by atoms with E-state index in [4.69, 9.17) is 4.74 Å². The number of hydrogen-bond donors (Lipinski definition) is 2. The van der Waals surface area contributed by atoms with Gasteiger partial charge in [0.25, 0.3) is 0 Å². The monoisotopic (exact) mass is 295 g/mol. The fourth-order valence-electron chi connectivity index (χ4n) is 2.23. The lowest BCUT2D eigenvalue weighted by Crippen LogP contribution is -2.47. The number of halogens is 1. The second kappa shape index (κ2) is 7.38. The van der Waals surface area contributed by atoms with E-state index in [-0.39, 0.29) is 17.9 Å². The summed E-state index contributed by atoms with van der Waals surface area (Å²) in [5.41, 5.74) is 1.01. The average molecular weight is 295 g/mol. The van der Waals surface area contributed by atoms with Gasteiger partial charge in [0, 0.05) is 31.4 Å². The van der Waals surface area contributed by atoms with Gasteiger partial charge in [0.15, 0.2) is 0 Å². The largest absolute Gasteiger partial charge is 0.379 e. The molecule has 0 aliphatic carbocycles. The number of nitrogens with zero attached hydrogens (tertiary/aromatic N) is 1. The molecule has 116 valence electrons. The number of carbonyl (C=O) groups excluding carboxylic acids is 1. The molecule has 1 saturated heterocycles. The van der Waals surface area contributed by atoms with Crippen LogP contribution in [0.4, 0.5) is 14.9 Å². The van der Waals surface area contributed by atoms with Crippen LogP contribution in [0.3, 0.4) is 0 Å². The minimum atomic E-state index is -0.325. The lowest BCUT2D eigenvalue weighted by molar-refractivity contribution is 0.0209. The van der Waals surface area contributed by atoms with Crippen LogP contribution in [-0.4, -0.2) is 49.8 Å². The zero-order chi connectivity index (χ0) is 15.2. The first kappa shape index (κ1) is 15.7. The molecule has 6 heteroatoms. The number of amides is 2. The first-order valence-corrected chi connectivity index (χ1v) is 7.19. The molecular formula is C15H22FN3O2. The Morgan fingerprint density at radius 3 is 2.81 bits per heavy atom. The third kappa shape index (κ3) is 4.68. The highest BCUT2D eigenvalue weighted by molar-refractivity contribution is 5.89. The molecule has 0 unspecified atom stereocenters. The lowest BCUT2D eigenvalue weighted by atomic mass is 10.2. The highest BCUT2D eigenvalue weighted by Crippen LogP contribution is 2.13. The first-order chi connectivity index (χ1) is 10.1. The summed E-state index contributed by atoms with van der Waals surface area (Å²) >= 11 is 0. The Balaban J connectivity index is 1.77. The summed E-state index contributed by atoms with van der Waals surface area (Å²) in [6, 6.07) is 4.57. The van der Waals surface area contributed by atoms with E-state index >= 15 is 0 Å². The van der Waals surface area contributed by atoms with Crippen LogP contribution in [0.5, 0.6) is 0 Å². The van der Waals surface area contributed by atoms with Crippen LogP contribution in [0.2, 0.25) is 0 Å². The van der Waals surface area contributed by atoms with E-state index in [1.165, 1.54) is 6.07 Å². The highest BCUT2D eigenvalue weighted by atomic mass is 19.1. The van der Waals surface area contributed by atoms with E-state index in [1.807, 2.05) is 0 Å². The van der Waals surface area contributed by atoms with Crippen molar-refractivity contribution in [2.45, 2.75) is 19.9 Å². The molecule has 0 saturated carbocycles. The van der Waals surface area contributed by atoms with Gasteiger partial charge in [0.1, 0.15) is 5.82 Å². The molecule has 1 heterocycles. The predicted molar refractivity (Wildman–Crippen MR) is 80.0 cm³/mol. The van der Waals surface area contributed by atoms with E-state index in [2.05, 4.69) is 22.5 Å². The molecule has 2 amide bonds. The summed E-state index contributed by atoms with van der Waals surface area (Å²) in [5, 5.41) is 5.44. The maximum absolute atomic E-state index is 13.4. The van der Waals surface area contributed by atoms with Gasteiger partial charge in [-0.05, 0) is 31.5 Å². The fraction of sp³-hybridized carbons (Fsp3) is 0.533. The van der Waals surface area contributed by atoms with Gasteiger partial charge < -0.3 is 15.4 Å². The molecule has 2 N–H and O–H groups in total. The summed E-state index contributed by atoms with van der Waals surface area (Å²) in [6.45, 7) is 7.53. The molecule has 5 nitrogen and oxygen atoms in total. The molecule has 2 rings (SSSR count). The van der Waals surface area contributed by atoms with Gasteiger partial charge in [-0.2, -0.15) is 0 Å². The SMILES string of the molecule is Cc1ccc(NC(=O)NC[C@H](C)N2CCOCC2)cc1F. The number of rotatable bonds is 4. The summed E-state index contributed by atoms with van der Waals surface area (Å²) in [4.78, 5) is 14.1. The molecule has 1 aromatic carbocycles. The number of hydrogen-bond acceptors (Lipinski definition) is 3. The smallest absolute Gasteiger partial charge is 0.319 e. The maximum Gasteiger partial charge on any atom is 0.319 e. The number of aryl methyl sites for hydroxylation is 1. The Kier molecular flexibility index (Phi) is 5.52. The molecule has 1 atom stereocenters. The van der Waals surface area contributed by atoms with E-state index in [0.29, 0.717) is 17.8 Å². The number of carbonyl (C=O) groups is 1. The van der Waals surface area contributed by atoms with Gasteiger partial charge >= 0.3 is 6.03 Å². The average Bonchev–Trinajstić information content (AvgIpc) is 2.49. The standard InChI is InChI=1S/C15H22FN3O2/c1-11-3-4-13(9-14(11)16)18-15(20)17-10-12(2)19-5-7-21-8-6-19/h3-4,9,12H,5-8,10H2,1-2H3,(H2,17,18,20)/t12-/m0/s1. The van der Waals surface area contributed by atoms with Crippen molar-refractivity contribution < 1.29 is 13.9 Å². The summed E-state index contributed by atoms with van der Waals surface area (Å²) < 4.78 is 18.7. The summed E-state index contributed by atoms with van der Waals surface area (Å²) in [7, 11) is 0. The van der Waals surface area contributed by atoms with Crippen LogP contribution in [0.1, 0.15) is 12.5 Å². The number of benzene rings is 1. The fourth-order valence-corrected chi connectivity index (χ4v) is 2.23. The van der Waals surface area contributed by atoms with Crippen LogP contribution in [0.25, 0.3) is 0 Å². The van der Waals surface area contributed by atoms with Gasteiger partial charge in [0.2, 0.25) is 0 Å². The van der Waals surface area contributed by atoms with E-state index in [0.717, 1.165) is 26.3 Å². The second-order valence-corrected chi connectivity index (χ2v) is 5.30. The predicted octanol–water partition coefficient (Wildman–Crippen LogP) is 1.98. The molecular weight excluding hydrogens is 273 g/mol. The topological polar surface area (TPSA) is 53.6 Å². The van der Waals surface area contributed by atoms with Gasteiger partial charge in [0.05, 0.1) is 13.2 Å². The van der Waals surface area contributed by atoms with E-state index in [9.17, 15) is 9.18 Å². The van der Waals surface area contributed by atoms with Crippen LogP contribution in [0.15, 0.2) is 18.2 Å². The van der Waals surface area contributed by atoms with E-state index < -0.39 is 0 Å². The minimum Gasteiger partial charge on any atom is -0.379 e. The van der Waals surface area contributed by atoms with Crippen molar-refractivity contribution in [3.8, 4) is 0 Å². The van der Waals surface area contributed by atoms with Crippen molar-refractivity contribution in [2.75, 3.05) is 38.2 Å². The van der Waals surface area contributed by atoms with E-state index in [1.54, 1.807) is 19.1 Å². The van der Waals surface area contributed by atoms with Crippen LogP contribution < -0.4 is 10.6 Å². The zero-order valence-electron chi connectivity index (χ0n) is 12.5. The number of nitrogens with one attached hydrogen (secondary N) is 2. The number of urea groups is 1. The normalized spacial score (nSPS) is 17.3. The van der Waals surface area contributed by atoms with Gasteiger partial charge in [-0.1, -0.05) is 6.07 Å². The Hall–Kier alpha value is -1.66. The second-order valence-electron chi connectivity index (χ2n) is 5.30. The van der Waals surface area contributed by atoms with Gasteiger partial charge in [-0.3, -0.25) is 4.90 Å².